The Labute approximate surface area is 136 Å². The van der Waals surface area contributed by atoms with E-state index in [0.29, 0.717) is 10.8 Å². The van der Waals surface area contributed by atoms with Gasteiger partial charge in [0.1, 0.15) is 0 Å². The summed E-state index contributed by atoms with van der Waals surface area (Å²) in [6.07, 6.45) is 3.53. The first kappa shape index (κ1) is 14.4. The Morgan fingerprint density at radius 3 is 2.62 bits per heavy atom. The van der Waals surface area contributed by atoms with Crippen molar-refractivity contribution in [3.8, 4) is 0 Å². The van der Waals surface area contributed by atoms with Gasteiger partial charge in [-0.2, -0.15) is 0 Å². The molecule has 1 aromatic heterocycles. The van der Waals surface area contributed by atoms with Gasteiger partial charge in [-0.15, -0.1) is 0 Å². The number of hydrogen-bond acceptors (Lipinski definition) is 3. The minimum atomic E-state index is 0.0318. The second-order valence-electron chi connectivity index (χ2n) is 4.88. The van der Waals surface area contributed by atoms with E-state index in [0.717, 1.165) is 23.0 Å². The third-order valence-electron chi connectivity index (χ3n) is 3.18. The standard InChI is InChI=1S/C15H13BrClN3O/c16-13-2-1-9-18-14(13)20(15(21)10-3-4-10)19-12-7-5-11(17)6-8-12/h1-2,5-10,19H,3-4H2. The number of hydrazine groups is 1. The molecule has 21 heavy (non-hydrogen) atoms. The van der Waals surface area contributed by atoms with Crippen LogP contribution < -0.4 is 10.4 Å². The summed E-state index contributed by atoms with van der Waals surface area (Å²) in [6, 6.07) is 10.9. The molecule has 3 rings (SSSR count). The molecule has 0 spiro atoms. The van der Waals surface area contributed by atoms with Crippen LogP contribution in [-0.2, 0) is 4.79 Å². The van der Waals surface area contributed by atoms with Gasteiger partial charge in [-0.05, 0) is 65.2 Å². The molecular formula is C15H13BrClN3O. The third kappa shape index (κ3) is 3.36. The van der Waals surface area contributed by atoms with E-state index in [-0.39, 0.29) is 11.8 Å². The zero-order valence-corrected chi connectivity index (χ0v) is 13.4. The van der Waals surface area contributed by atoms with E-state index in [9.17, 15) is 4.79 Å². The molecule has 6 heteroatoms. The minimum absolute atomic E-state index is 0.0318. The number of aromatic nitrogens is 1. The van der Waals surface area contributed by atoms with E-state index in [1.807, 2.05) is 24.3 Å². The molecule has 4 nitrogen and oxygen atoms in total. The van der Waals surface area contributed by atoms with Gasteiger partial charge in [-0.1, -0.05) is 11.6 Å². The van der Waals surface area contributed by atoms with Crippen LogP contribution in [-0.4, -0.2) is 10.9 Å². The van der Waals surface area contributed by atoms with E-state index in [1.54, 1.807) is 18.3 Å². The molecule has 0 aliphatic heterocycles. The fourth-order valence-corrected chi connectivity index (χ4v) is 2.48. The highest BCUT2D eigenvalue weighted by Crippen LogP contribution is 2.34. The summed E-state index contributed by atoms with van der Waals surface area (Å²) in [7, 11) is 0. The molecule has 108 valence electrons. The Hall–Kier alpha value is -1.59. The van der Waals surface area contributed by atoms with Crippen molar-refractivity contribution in [3.05, 3.63) is 52.1 Å². The fraction of sp³-hybridized carbons (Fsp3) is 0.200. The number of amides is 1. The lowest BCUT2D eigenvalue weighted by Gasteiger charge is -2.24. The highest BCUT2D eigenvalue weighted by molar-refractivity contribution is 9.10. The van der Waals surface area contributed by atoms with Crippen LogP contribution >= 0.6 is 27.5 Å². The summed E-state index contributed by atoms with van der Waals surface area (Å²) in [5.74, 6) is 0.674. The number of benzene rings is 1. The Morgan fingerprint density at radius 2 is 2.00 bits per heavy atom. The van der Waals surface area contributed by atoms with Gasteiger partial charge in [0.2, 0.25) is 5.91 Å². The molecule has 0 atom stereocenters. The van der Waals surface area contributed by atoms with Gasteiger partial charge in [0.05, 0.1) is 10.2 Å². The van der Waals surface area contributed by atoms with E-state index < -0.39 is 0 Å². The van der Waals surface area contributed by atoms with Crippen LogP contribution in [0, 0.1) is 5.92 Å². The molecule has 0 unspecified atom stereocenters. The van der Waals surface area contributed by atoms with Crippen molar-refractivity contribution >= 4 is 44.9 Å². The van der Waals surface area contributed by atoms with Crippen molar-refractivity contribution < 1.29 is 4.79 Å². The number of pyridine rings is 1. The van der Waals surface area contributed by atoms with Gasteiger partial charge in [0, 0.05) is 17.1 Å². The van der Waals surface area contributed by atoms with Crippen molar-refractivity contribution in [2.24, 2.45) is 5.92 Å². The summed E-state index contributed by atoms with van der Waals surface area (Å²) in [4.78, 5) is 16.8. The largest absolute Gasteiger partial charge is 0.290 e. The molecular weight excluding hydrogens is 354 g/mol. The highest BCUT2D eigenvalue weighted by atomic mass is 79.9. The van der Waals surface area contributed by atoms with E-state index in [1.165, 1.54) is 5.01 Å². The number of carbonyl (C=O) groups excluding carboxylic acids is 1. The topological polar surface area (TPSA) is 45.2 Å². The van der Waals surface area contributed by atoms with Gasteiger partial charge in [0.15, 0.2) is 5.82 Å². The van der Waals surface area contributed by atoms with Crippen LogP contribution in [0.4, 0.5) is 11.5 Å². The van der Waals surface area contributed by atoms with Crippen LogP contribution in [0.5, 0.6) is 0 Å². The number of anilines is 2. The lowest BCUT2D eigenvalue weighted by molar-refractivity contribution is -0.119. The van der Waals surface area contributed by atoms with Crippen molar-refractivity contribution in [2.45, 2.75) is 12.8 Å². The maximum absolute atomic E-state index is 12.5. The SMILES string of the molecule is O=C(C1CC1)N(Nc1ccc(Cl)cc1)c1ncccc1Br. The average molecular weight is 367 g/mol. The molecule has 1 fully saturated rings. The number of nitrogens with one attached hydrogen (secondary N) is 1. The first-order valence-electron chi connectivity index (χ1n) is 6.62. The van der Waals surface area contributed by atoms with Crippen LogP contribution in [0.1, 0.15) is 12.8 Å². The zero-order valence-electron chi connectivity index (χ0n) is 11.1. The second-order valence-corrected chi connectivity index (χ2v) is 6.17. The molecule has 2 aromatic rings. The smallest absolute Gasteiger partial charge is 0.250 e. The van der Waals surface area contributed by atoms with Crippen LogP contribution in [0.3, 0.4) is 0 Å². The highest BCUT2D eigenvalue weighted by Gasteiger charge is 2.35. The quantitative estimate of drug-likeness (QED) is 0.822. The maximum atomic E-state index is 12.5. The zero-order chi connectivity index (χ0) is 14.8. The van der Waals surface area contributed by atoms with E-state index in [2.05, 4.69) is 26.3 Å². The summed E-state index contributed by atoms with van der Waals surface area (Å²) in [6.45, 7) is 0. The lowest BCUT2D eigenvalue weighted by Crippen LogP contribution is -2.38. The number of rotatable bonds is 4. The molecule has 1 aliphatic rings. The van der Waals surface area contributed by atoms with Crippen LogP contribution in [0.15, 0.2) is 47.1 Å². The number of carbonyl (C=O) groups is 1. The van der Waals surface area contributed by atoms with Gasteiger partial charge in [0.25, 0.3) is 0 Å². The molecule has 1 aromatic carbocycles. The summed E-state index contributed by atoms with van der Waals surface area (Å²) < 4.78 is 0.764. The Morgan fingerprint density at radius 1 is 1.29 bits per heavy atom. The first-order chi connectivity index (χ1) is 10.1. The van der Waals surface area contributed by atoms with Crippen LogP contribution in [0.2, 0.25) is 5.02 Å². The third-order valence-corrected chi connectivity index (χ3v) is 4.05. The Bertz CT molecular complexity index is 658. The average Bonchev–Trinajstić information content (AvgIpc) is 3.32. The molecule has 0 radical (unpaired) electrons. The molecule has 1 amide bonds. The summed E-state index contributed by atoms with van der Waals surface area (Å²) in [5.41, 5.74) is 3.90. The molecule has 1 aliphatic carbocycles. The van der Waals surface area contributed by atoms with Crippen molar-refractivity contribution in [3.63, 3.8) is 0 Å². The first-order valence-corrected chi connectivity index (χ1v) is 7.79. The second kappa shape index (κ2) is 6.03. The maximum Gasteiger partial charge on any atom is 0.250 e. The van der Waals surface area contributed by atoms with E-state index >= 15 is 0 Å². The number of hydrogen-bond donors (Lipinski definition) is 1. The predicted octanol–water partition coefficient (Wildman–Crippen LogP) is 4.27. The summed E-state index contributed by atoms with van der Waals surface area (Å²) in [5, 5.41) is 2.16. The van der Waals surface area contributed by atoms with Gasteiger partial charge >= 0.3 is 0 Å². The molecule has 0 saturated heterocycles. The van der Waals surface area contributed by atoms with Crippen molar-refractivity contribution in [1.82, 2.24) is 4.98 Å². The normalized spacial score (nSPS) is 13.8. The molecule has 1 heterocycles. The molecule has 1 N–H and O–H groups in total. The van der Waals surface area contributed by atoms with Gasteiger partial charge in [-0.25, -0.2) is 9.99 Å². The van der Waals surface area contributed by atoms with Crippen molar-refractivity contribution in [2.75, 3.05) is 10.4 Å². The number of nitrogens with zero attached hydrogens (tertiary/aromatic N) is 2. The van der Waals surface area contributed by atoms with Gasteiger partial charge < -0.3 is 0 Å². The number of halogens is 2. The van der Waals surface area contributed by atoms with Crippen molar-refractivity contribution in [1.29, 1.82) is 0 Å². The minimum Gasteiger partial charge on any atom is -0.290 e. The Balaban J connectivity index is 1.90. The molecule has 0 bridgehead atoms. The fourth-order valence-electron chi connectivity index (χ4n) is 1.92. The Kier molecular flexibility index (Phi) is 4.12. The predicted molar refractivity (Wildman–Crippen MR) is 87.2 cm³/mol. The summed E-state index contributed by atoms with van der Waals surface area (Å²) >= 11 is 9.33. The van der Waals surface area contributed by atoms with Gasteiger partial charge in [-0.3, -0.25) is 10.2 Å². The molecule has 1 saturated carbocycles. The van der Waals surface area contributed by atoms with E-state index in [4.69, 9.17) is 11.6 Å². The van der Waals surface area contributed by atoms with Crippen LogP contribution in [0.25, 0.3) is 0 Å². The lowest BCUT2D eigenvalue weighted by atomic mass is 10.3. The monoisotopic (exact) mass is 365 g/mol.